The van der Waals surface area contributed by atoms with Crippen molar-refractivity contribution >= 4 is 28.3 Å². The normalized spacial score (nSPS) is 12.0. The highest BCUT2D eigenvalue weighted by molar-refractivity contribution is 7.14. The topological polar surface area (TPSA) is 71.1 Å². The molecular weight excluding hydrogens is 310 g/mol. The number of thiazole rings is 1. The second-order valence-electron chi connectivity index (χ2n) is 5.76. The molecule has 0 saturated heterocycles. The third-order valence-electron chi connectivity index (χ3n) is 3.46. The minimum absolute atomic E-state index is 0.00491. The van der Waals surface area contributed by atoms with Gasteiger partial charge in [0.05, 0.1) is 5.69 Å². The number of rotatable bonds is 5. The number of aromatic nitrogens is 1. The van der Waals surface area contributed by atoms with Gasteiger partial charge in [-0.15, -0.1) is 11.3 Å². The van der Waals surface area contributed by atoms with Gasteiger partial charge in [-0.3, -0.25) is 9.59 Å². The first-order valence-electron chi connectivity index (χ1n) is 7.48. The Hall–Kier alpha value is -2.21. The van der Waals surface area contributed by atoms with Crippen molar-refractivity contribution in [1.29, 1.82) is 0 Å². The van der Waals surface area contributed by atoms with Crippen LogP contribution in [0.4, 0.5) is 5.13 Å². The van der Waals surface area contributed by atoms with Gasteiger partial charge in [0, 0.05) is 17.9 Å². The van der Waals surface area contributed by atoms with Crippen LogP contribution in [0.5, 0.6) is 0 Å². The Kier molecular flexibility index (Phi) is 5.50. The van der Waals surface area contributed by atoms with E-state index in [2.05, 4.69) is 15.6 Å². The van der Waals surface area contributed by atoms with E-state index in [1.165, 1.54) is 18.3 Å². The third kappa shape index (κ3) is 4.39. The number of carbonyl (C=O) groups is 2. The molecule has 1 heterocycles. The summed E-state index contributed by atoms with van der Waals surface area (Å²) >= 11 is 1.37. The summed E-state index contributed by atoms with van der Waals surface area (Å²) in [5.41, 5.74) is 3.02. The van der Waals surface area contributed by atoms with Crippen LogP contribution in [0.15, 0.2) is 29.6 Å². The minimum atomic E-state index is -0.571. The van der Waals surface area contributed by atoms with Crippen molar-refractivity contribution in [2.45, 2.75) is 33.7 Å². The summed E-state index contributed by atoms with van der Waals surface area (Å²) in [7, 11) is 0. The predicted molar refractivity (Wildman–Crippen MR) is 93.4 cm³/mol. The number of aryl methyl sites for hydroxylation is 1. The first kappa shape index (κ1) is 17.1. The average Bonchev–Trinajstić information content (AvgIpc) is 2.93. The molecule has 0 fully saturated rings. The molecule has 0 bridgehead atoms. The summed E-state index contributed by atoms with van der Waals surface area (Å²) in [4.78, 5) is 28.1. The van der Waals surface area contributed by atoms with Gasteiger partial charge in [0.1, 0.15) is 6.04 Å². The summed E-state index contributed by atoms with van der Waals surface area (Å²) < 4.78 is 0. The van der Waals surface area contributed by atoms with E-state index >= 15 is 0 Å². The molecule has 6 heteroatoms. The lowest BCUT2D eigenvalue weighted by atomic mass is 10.0. The Morgan fingerprint density at radius 2 is 1.91 bits per heavy atom. The maximum absolute atomic E-state index is 12.3. The van der Waals surface area contributed by atoms with Crippen molar-refractivity contribution in [3.05, 3.63) is 35.2 Å². The van der Waals surface area contributed by atoms with E-state index in [1.54, 1.807) is 0 Å². The first-order valence-corrected chi connectivity index (χ1v) is 8.36. The number of nitrogens with zero attached hydrogens (tertiary/aromatic N) is 1. The maximum atomic E-state index is 12.3. The van der Waals surface area contributed by atoms with Crippen LogP contribution < -0.4 is 10.6 Å². The van der Waals surface area contributed by atoms with E-state index in [9.17, 15) is 9.59 Å². The molecule has 2 amide bonds. The number of anilines is 1. The van der Waals surface area contributed by atoms with Gasteiger partial charge >= 0.3 is 0 Å². The predicted octanol–water partition coefficient (Wildman–Crippen LogP) is 3.22. The lowest BCUT2D eigenvalue weighted by Gasteiger charge is -2.20. The summed E-state index contributed by atoms with van der Waals surface area (Å²) in [6, 6.07) is 7.40. The standard InChI is InChI=1S/C17H21N3O2S/c1-10(2)15(18-12(4)21)16(22)20-17-19-14(9-23-17)13-8-6-5-7-11(13)3/h5-10,15H,1-4H3,(H,18,21)(H,19,20,22)/t15-/m1/s1. The quantitative estimate of drug-likeness (QED) is 0.884. The minimum Gasteiger partial charge on any atom is -0.344 e. The number of amides is 2. The van der Waals surface area contributed by atoms with Crippen molar-refractivity contribution in [3.8, 4) is 11.3 Å². The zero-order valence-electron chi connectivity index (χ0n) is 13.7. The Balaban J connectivity index is 2.13. The van der Waals surface area contributed by atoms with Gasteiger partial charge in [0.2, 0.25) is 11.8 Å². The highest BCUT2D eigenvalue weighted by atomic mass is 32.1. The van der Waals surface area contributed by atoms with Crippen molar-refractivity contribution in [2.24, 2.45) is 5.92 Å². The van der Waals surface area contributed by atoms with E-state index in [-0.39, 0.29) is 17.7 Å². The number of hydrogen-bond donors (Lipinski definition) is 2. The molecule has 0 spiro atoms. The van der Waals surface area contributed by atoms with Gasteiger partial charge in [-0.25, -0.2) is 4.98 Å². The van der Waals surface area contributed by atoms with Gasteiger partial charge in [0.25, 0.3) is 0 Å². The average molecular weight is 331 g/mol. The van der Waals surface area contributed by atoms with Crippen LogP contribution in [0.3, 0.4) is 0 Å². The molecule has 0 saturated carbocycles. The lowest BCUT2D eigenvalue weighted by Crippen LogP contribution is -2.46. The number of nitrogens with one attached hydrogen (secondary N) is 2. The maximum Gasteiger partial charge on any atom is 0.248 e. The lowest BCUT2D eigenvalue weighted by molar-refractivity contribution is -0.126. The smallest absolute Gasteiger partial charge is 0.248 e. The number of carbonyl (C=O) groups excluding carboxylic acids is 2. The summed E-state index contributed by atoms with van der Waals surface area (Å²) in [6.07, 6.45) is 0. The summed E-state index contributed by atoms with van der Waals surface area (Å²) in [6.45, 7) is 7.21. The van der Waals surface area contributed by atoms with Gasteiger partial charge in [-0.05, 0) is 18.4 Å². The number of hydrogen-bond acceptors (Lipinski definition) is 4. The molecule has 2 rings (SSSR count). The molecule has 1 aromatic carbocycles. The molecule has 0 unspecified atom stereocenters. The second kappa shape index (κ2) is 7.37. The molecule has 0 radical (unpaired) electrons. The first-order chi connectivity index (χ1) is 10.9. The number of benzene rings is 1. The van der Waals surface area contributed by atoms with Crippen LogP contribution >= 0.6 is 11.3 Å². The van der Waals surface area contributed by atoms with E-state index in [0.29, 0.717) is 5.13 Å². The van der Waals surface area contributed by atoms with Crippen LogP contribution in [0.1, 0.15) is 26.3 Å². The largest absolute Gasteiger partial charge is 0.344 e. The van der Waals surface area contributed by atoms with E-state index < -0.39 is 6.04 Å². The molecule has 0 aliphatic carbocycles. The molecule has 1 aromatic heterocycles. The Labute approximate surface area is 140 Å². The SMILES string of the molecule is CC(=O)N[C@@H](C(=O)Nc1nc(-c2ccccc2C)cs1)C(C)C. The van der Waals surface area contributed by atoms with E-state index in [1.807, 2.05) is 50.4 Å². The summed E-state index contributed by atoms with van der Waals surface area (Å²) in [5, 5.41) is 7.91. The van der Waals surface area contributed by atoms with Crippen LogP contribution in [-0.4, -0.2) is 22.8 Å². The zero-order valence-corrected chi connectivity index (χ0v) is 14.5. The molecule has 0 aliphatic rings. The summed E-state index contributed by atoms with van der Waals surface area (Å²) in [5.74, 6) is -0.478. The highest BCUT2D eigenvalue weighted by Gasteiger charge is 2.23. The van der Waals surface area contributed by atoms with Crippen molar-refractivity contribution < 1.29 is 9.59 Å². The third-order valence-corrected chi connectivity index (χ3v) is 4.22. The molecular formula is C17H21N3O2S. The Morgan fingerprint density at radius 1 is 1.22 bits per heavy atom. The van der Waals surface area contributed by atoms with Gasteiger partial charge in [-0.1, -0.05) is 38.1 Å². The van der Waals surface area contributed by atoms with E-state index in [4.69, 9.17) is 0 Å². The molecule has 0 aliphatic heterocycles. The monoisotopic (exact) mass is 331 g/mol. The fourth-order valence-electron chi connectivity index (χ4n) is 2.25. The second-order valence-corrected chi connectivity index (χ2v) is 6.62. The molecule has 2 aromatic rings. The van der Waals surface area contributed by atoms with Gasteiger partial charge in [-0.2, -0.15) is 0 Å². The molecule has 23 heavy (non-hydrogen) atoms. The van der Waals surface area contributed by atoms with Crippen LogP contribution in [0.2, 0.25) is 0 Å². The van der Waals surface area contributed by atoms with Crippen LogP contribution in [0.25, 0.3) is 11.3 Å². The van der Waals surface area contributed by atoms with Crippen molar-refractivity contribution in [2.75, 3.05) is 5.32 Å². The van der Waals surface area contributed by atoms with Crippen molar-refractivity contribution in [1.82, 2.24) is 10.3 Å². The Morgan fingerprint density at radius 3 is 2.52 bits per heavy atom. The molecule has 122 valence electrons. The van der Waals surface area contributed by atoms with Crippen LogP contribution in [0, 0.1) is 12.8 Å². The van der Waals surface area contributed by atoms with Crippen LogP contribution in [-0.2, 0) is 9.59 Å². The fourth-order valence-corrected chi connectivity index (χ4v) is 2.97. The molecule has 1 atom stereocenters. The zero-order chi connectivity index (χ0) is 17.0. The Bertz CT molecular complexity index is 709. The fraction of sp³-hybridized carbons (Fsp3) is 0.353. The van der Waals surface area contributed by atoms with E-state index in [0.717, 1.165) is 16.8 Å². The highest BCUT2D eigenvalue weighted by Crippen LogP contribution is 2.27. The molecule has 5 nitrogen and oxygen atoms in total. The van der Waals surface area contributed by atoms with Gasteiger partial charge in [0.15, 0.2) is 5.13 Å². The van der Waals surface area contributed by atoms with Gasteiger partial charge < -0.3 is 10.6 Å². The molecule has 2 N–H and O–H groups in total. The van der Waals surface area contributed by atoms with Crippen molar-refractivity contribution in [3.63, 3.8) is 0 Å².